The van der Waals surface area contributed by atoms with Crippen molar-refractivity contribution in [2.75, 3.05) is 0 Å². The zero-order valence-electron chi connectivity index (χ0n) is 12.2. The molecule has 0 saturated carbocycles. The van der Waals surface area contributed by atoms with Crippen molar-refractivity contribution >= 4 is 40.5 Å². The van der Waals surface area contributed by atoms with Crippen LogP contribution in [0.4, 0.5) is 5.69 Å². The maximum Gasteiger partial charge on any atom is 0.269 e. The third-order valence-corrected chi connectivity index (χ3v) is 4.42. The lowest BCUT2D eigenvalue weighted by atomic mass is 9.72. The highest BCUT2D eigenvalue weighted by molar-refractivity contribution is 6.40. The molecular weight excluding hydrogens is 341 g/mol. The van der Waals surface area contributed by atoms with Crippen LogP contribution in [0.15, 0.2) is 46.5 Å². The van der Waals surface area contributed by atoms with E-state index in [4.69, 9.17) is 23.2 Å². The number of hydrogen-bond donors (Lipinski definition) is 0. The van der Waals surface area contributed by atoms with Crippen LogP contribution in [0.1, 0.15) is 30.1 Å². The number of nitro groups is 1. The lowest BCUT2D eigenvalue weighted by molar-refractivity contribution is -0.384. The van der Waals surface area contributed by atoms with E-state index >= 15 is 0 Å². The van der Waals surface area contributed by atoms with Gasteiger partial charge in [-0.15, -0.1) is 0 Å². The molecule has 2 rings (SSSR count). The van der Waals surface area contributed by atoms with Gasteiger partial charge in [0.15, 0.2) is 5.78 Å². The SMILES string of the molecule is CC(=O)CC1(C(=O)c2ccc([N+](=O)[O-])cc2)C=CC(Cl)=C(Cl)C1. The number of non-ortho nitro benzene ring substituents is 1. The normalized spacial score (nSPS) is 20.5. The minimum atomic E-state index is -1.11. The van der Waals surface area contributed by atoms with E-state index in [1.165, 1.54) is 37.3 Å². The molecule has 7 heteroatoms. The summed E-state index contributed by atoms with van der Waals surface area (Å²) in [5.41, 5.74) is -0.941. The summed E-state index contributed by atoms with van der Waals surface area (Å²) < 4.78 is 0. The molecule has 1 aromatic carbocycles. The van der Waals surface area contributed by atoms with Crippen LogP contribution < -0.4 is 0 Å². The summed E-state index contributed by atoms with van der Waals surface area (Å²) >= 11 is 12.0. The van der Waals surface area contributed by atoms with Crippen molar-refractivity contribution in [3.05, 3.63) is 62.2 Å². The Hall–Kier alpha value is -1.98. The Morgan fingerprint density at radius 1 is 1.26 bits per heavy atom. The van der Waals surface area contributed by atoms with E-state index in [9.17, 15) is 19.7 Å². The van der Waals surface area contributed by atoms with E-state index in [0.29, 0.717) is 10.1 Å². The molecule has 0 aromatic heterocycles. The Morgan fingerprint density at radius 3 is 2.35 bits per heavy atom. The number of nitro benzene ring substituents is 1. The van der Waals surface area contributed by atoms with Gasteiger partial charge in [-0.1, -0.05) is 29.3 Å². The molecule has 1 aliphatic rings. The monoisotopic (exact) mass is 353 g/mol. The number of ketones is 2. The molecule has 0 fully saturated rings. The quantitative estimate of drug-likeness (QED) is 0.446. The van der Waals surface area contributed by atoms with Gasteiger partial charge >= 0.3 is 0 Å². The molecule has 1 atom stereocenters. The Balaban J connectivity index is 2.40. The molecule has 0 saturated heterocycles. The minimum Gasteiger partial charge on any atom is -0.300 e. The molecule has 0 aliphatic heterocycles. The molecule has 1 aliphatic carbocycles. The van der Waals surface area contributed by atoms with Crippen LogP contribution in [0.3, 0.4) is 0 Å². The Kier molecular flexibility index (Phi) is 5.02. The van der Waals surface area contributed by atoms with Gasteiger partial charge in [-0.3, -0.25) is 19.7 Å². The van der Waals surface area contributed by atoms with Gasteiger partial charge in [0.25, 0.3) is 5.69 Å². The Morgan fingerprint density at radius 2 is 1.87 bits per heavy atom. The molecule has 0 spiro atoms. The lowest BCUT2D eigenvalue weighted by Crippen LogP contribution is -2.33. The van der Waals surface area contributed by atoms with Crippen molar-refractivity contribution in [2.45, 2.75) is 19.8 Å². The van der Waals surface area contributed by atoms with E-state index in [2.05, 4.69) is 0 Å². The summed E-state index contributed by atoms with van der Waals surface area (Å²) in [7, 11) is 0. The smallest absolute Gasteiger partial charge is 0.269 e. The van der Waals surface area contributed by atoms with E-state index < -0.39 is 10.3 Å². The molecular formula is C16H13Cl2NO4. The second-order valence-corrected chi connectivity index (χ2v) is 6.29. The van der Waals surface area contributed by atoms with Gasteiger partial charge < -0.3 is 0 Å². The number of nitrogens with zero attached hydrogens (tertiary/aromatic N) is 1. The van der Waals surface area contributed by atoms with Crippen LogP contribution in [0.25, 0.3) is 0 Å². The maximum atomic E-state index is 12.9. The minimum absolute atomic E-state index is 0.0142. The predicted octanol–water partition coefficient (Wildman–Crippen LogP) is 4.39. The topological polar surface area (TPSA) is 77.3 Å². The van der Waals surface area contributed by atoms with Crippen molar-refractivity contribution in [3.8, 4) is 0 Å². The molecule has 5 nitrogen and oxygen atoms in total. The van der Waals surface area contributed by atoms with Gasteiger partial charge in [-0.2, -0.15) is 0 Å². The van der Waals surface area contributed by atoms with E-state index in [1.807, 2.05) is 0 Å². The zero-order chi connectivity index (χ0) is 17.2. The molecule has 0 amide bonds. The van der Waals surface area contributed by atoms with Gasteiger partial charge in [-0.25, -0.2) is 0 Å². The number of halogens is 2. The highest BCUT2D eigenvalue weighted by Gasteiger charge is 2.40. The average molecular weight is 354 g/mol. The summed E-state index contributed by atoms with van der Waals surface area (Å²) in [6.07, 6.45) is 3.21. The second kappa shape index (κ2) is 6.64. The van der Waals surface area contributed by atoms with Crippen LogP contribution in [0.2, 0.25) is 0 Å². The molecule has 120 valence electrons. The third kappa shape index (κ3) is 3.68. The third-order valence-electron chi connectivity index (χ3n) is 3.64. The number of hydrogen-bond acceptors (Lipinski definition) is 4. The number of carbonyl (C=O) groups is 2. The largest absolute Gasteiger partial charge is 0.300 e. The van der Waals surface area contributed by atoms with Gasteiger partial charge in [0.1, 0.15) is 5.78 Å². The van der Waals surface area contributed by atoms with Gasteiger partial charge in [0.05, 0.1) is 15.4 Å². The van der Waals surface area contributed by atoms with E-state index in [-0.39, 0.29) is 35.7 Å². The molecule has 0 radical (unpaired) electrons. The van der Waals surface area contributed by atoms with Crippen molar-refractivity contribution in [3.63, 3.8) is 0 Å². The Bertz CT molecular complexity index is 737. The molecule has 1 aromatic rings. The fourth-order valence-electron chi connectivity index (χ4n) is 2.57. The number of carbonyl (C=O) groups excluding carboxylic acids is 2. The average Bonchev–Trinajstić information content (AvgIpc) is 2.50. The number of benzene rings is 1. The zero-order valence-corrected chi connectivity index (χ0v) is 13.7. The molecule has 0 bridgehead atoms. The highest BCUT2D eigenvalue weighted by atomic mass is 35.5. The number of allylic oxidation sites excluding steroid dienone is 4. The van der Waals surface area contributed by atoms with Crippen molar-refractivity contribution < 1.29 is 14.5 Å². The fourth-order valence-corrected chi connectivity index (χ4v) is 3.00. The first-order chi connectivity index (χ1) is 10.7. The maximum absolute atomic E-state index is 12.9. The second-order valence-electron chi connectivity index (χ2n) is 5.43. The Labute approximate surface area is 142 Å². The summed E-state index contributed by atoms with van der Waals surface area (Å²) in [5, 5.41) is 11.3. The van der Waals surface area contributed by atoms with Gasteiger partial charge in [0.2, 0.25) is 0 Å². The molecule has 0 heterocycles. The molecule has 1 unspecified atom stereocenters. The first-order valence-electron chi connectivity index (χ1n) is 6.77. The van der Waals surface area contributed by atoms with Crippen LogP contribution in [0, 0.1) is 15.5 Å². The number of rotatable bonds is 5. The summed E-state index contributed by atoms with van der Waals surface area (Å²) in [6.45, 7) is 1.40. The van der Waals surface area contributed by atoms with Gasteiger partial charge in [0, 0.05) is 35.6 Å². The predicted molar refractivity (Wildman–Crippen MR) is 87.6 cm³/mol. The number of Topliss-reactive ketones (excluding diaryl/α,β-unsaturated/α-hetero) is 2. The van der Waals surface area contributed by atoms with E-state index in [0.717, 1.165) is 0 Å². The molecule has 23 heavy (non-hydrogen) atoms. The lowest BCUT2D eigenvalue weighted by Gasteiger charge is -2.31. The van der Waals surface area contributed by atoms with Crippen molar-refractivity contribution in [1.29, 1.82) is 0 Å². The first-order valence-corrected chi connectivity index (χ1v) is 7.53. The van der Waals surface area contributed by atoms with Crippen LogP contribution >= 0.6 is 23.2 Å². The van der Waals surface area contributed by atoms with Crippen molar-refractivity contribution in [2.24, 2.45) is 5.41 Å². The highest BCUT2D eigenvalue weighted by Crippen LogP contribution is 2.42. The first kappa shape index (κ1) is 17.4. The molecule has 0 N–H and O–H groups in total. The fraction of sp³-hybridized carbons (Fsp3) is 0.250. The van der Waals surface area contributed by atoms with Crippen molar-refractivity contribution in [1.82, 2.24) is 0 Å². The van der Waals surface area contributed by atoms with Crippen LogP contribution in [0.5, 0.6) is 0 Å². The summed E-state index contributed by atoms with van der Waals surface area (Å²) in [5.74, 6) is -0.478. The summed E-state index contributed by atoms with van der Waals surface area (Å²) in [4.78, 5) is 34.7. The van der Waals surface area contributed by atoms with E-state index in [1.54, 1.807) is 6.08 Å². The standard InChI is InChI=1S/C16H13Cl2NO4/c1-10(20)8-16(7-6-13(17)14(18)9-16)15(21)11-2-4-12(5-3-11)19(22)23/h2-7H,8-9H2,1H3. The van der Waals surface area contributed by atoms with Gasteiger partial charge in [-0.05, 0) is 25.1 Å². The summed E-state index contributed by atoms with van der Waals surface area (Å²) in [6, 6.07) is 5.27. The van der Waals surface area contributed by atoms with Crippen LogP contribution in [-0.2, 0) is 4.79 Å². The van der Waals surface area contributed by atoms with Crippen LogP contribution in [-0.4, -0.2) is 16.5 Å².